The summed E-state index contributed by atoms with van der Waals surface area (Å²) in [4.78, 5) is 13.5. The summed E-state index contributed by atoms with van der Waals surface area (Å²) in [5.41, 5.74) is 10.1. The summed E-state index contributed by atoms with van der Waals surface area (Å²) in [5, 5.41) is 2.23. The molecule has 0 bridgehead atoms. The van der Waals surface area contributed by atoms with Gasteiger partial charge in [0, 0.05) is 23.8 Å². The van der Waals surface area contributed by atoms with Crippen LogP contribution in [0.4, 0.5) is 5.82 Å². The Kier molecular flexibility index (Phi) is 4.89. The van der Waals surface area contributed by atoms with Gasteiger partial charge in [0.15, 0.2) is 0 Å². The minimum Gasteiger partial charge on any atom is -0.383 e. The van der Waals surface area contributed by atoms with Crippen LogP contribution in [0.5, 0.6) is 0 Å². The average Bonchev–Trinajstić information content (AvgIpc) is 3.46. The fourth-order valence-corrected chi connectivity index (χ4v) is 7.09. The van der Waals surface area contributed by atoms with Crippen molar-refractivity contribution < 1.29 is 0 Å². The number of nitrogens with two attached hydrogens (primary N) is 1. The van der Waals surface area contributed by atoms with Crippen LogP contribution in [0.3, 0.4) is 0 Å². The minimum absolute atomic E-state index is 0.419. The Bertz CT molecular complexity index is 1300. The van der Waals surface area contributed by atoms with Crippen LogP contribution in [0.25, 0.3) is 21.9 Å². The molecular formula is C28H33N5. The predicted molar refractivity (Wildman–Crippen MR) is 134 cm³/mol. The van der Waals surface area contributed by atoms with Gasteiger partial charge in [0.2, 0.25) is 0 Å². The van der Waals surface area contributed by atoms with E-state index in [4.69, 9.17) is 5.73 Å². The second-order valence-electron chi connectivity index (χ2n) is 11.1. The van der Waals surface area contributed by atoms with Crippen molar-refractivity contribution >= 4 is 27.8 Å². The minimum atomic E-state index is 0.419. The van der Waals surface area contributed by atoms with Crippen LogP contribution in [-0.2, 0) is 6.42 Å². The van der Waals surface area contributed by atoms with Crippen LogP contribution in [0.15, 0.2) is 55.1 Å². The molecule has 5 nitrogen and oxygen atoms in total. The van der Waals surface area contributed by atoms with Gasteiger partial charge >= 0.3 is 0 Å². The summed E-state index contributed by atoms with van der Waals surface area (Å²) in [6.45, 7) is 4.91. The van der Waals surface area contributed by atoms with Crippen molar-refractivity contribution in [3.8, 4) is 0 Å². The zero-order valence-electron chi connectivity index (χ0n) is 19.6. The first kappa shape index (κ1) is 20.6. The molecule has 2 aliphatic carbocycles. The Hall–Kier alpha value is -2.95. The van der Waals surface area contributed by atoms with E-state index in [1.54, 1.807) is 6.33 Å². The maximum absolute atomic E-state index is 6.14. The van der Waals surface area contributed by atoms with E-state index in [0.29, 0.717) is 17.3 Å². The molecule has 0 radical (unpaired) electrons. The molecule has 4 atom stereocenters. The Morgan fingerprint density at radius 2 is 1.88 bits per heavy atom. The van der Waals surface area contributed by atoms with Crippen molar-refractivity contribution in [1.29, 1.82) is 0 Å². The van der Waals surface area contributed by atoms with Gasteiger partial charge in [-0.1, -0.05) is 38.1 Å². The molecule has 4 aromatic rings. The van der Waals surface area contributed by atoms with Crippen molar-refractivity contribution in [2.75, 3.05) is 5.73 Å². The van der Waals surface area contributed by atoms with Gasteiger partial charge < -0.3 is 10.3 Å². The second kappa shape index (κ2) is 7.82. The van der Waals surface area contributed by atoms with Gasteiger partial charge in [-0.25, -0.2) is 9.97 Å². The summed E-state index contributed by atoms with van der Waals surface area (Å²) in [6.07, 6.45) is 13.2. The third-order valence-corrected chi connectivity index (χ3v) is 8.41. The molecule has 2 aliphatic rings. The molecule has 33 heavy (non-hydrogen) atoms. The van der Waals surface area contributed by atoms with Gasteiger partial charge in [-0.2, -0.15) is 0 Å². The Labute approximate surface area is 195 Å². The zero-order chi connectivity index (χ0) is 22.6. The molecule has 0 unspecified atom stereocenters. The fraction of sp³-hybridized carbons (Fsp3) is 0.464. The Balaban J connectivity index is 1.23. The number of nitrogens with zero attached hydrogens (tertiary/aromatic N) is 4. The molecule has 3 aromatic heterocycles. The Morgan fingerprint density at radius 3 is 2.79 bits per heavy atom. The molecule has 1 aromatic carbocycles. The van der Waals surface area contributed by atoms with Crippen molar-refractivity contribution in [1.82, 2.24) is 19.5 Å². The fourth-order valence-electron chi connectivity index (χ4n) is 7.09. The molecule has 170 valence electrons. The maximum Gasteiger partial charge on any atom is 0.145 e. The van der Waals surface area contributed by atoms with Crippen molar-refractivity contribution in [2.45, 2.75) is 58.4 Å². The lowest BCUT2D eigenvalue weighted by Gasteiger charge is -2.24. The molecule has 2 N–H and O–H groups in total. The number of fused-ring (bicyclic) bond motifs is 3. The quantitative estimate of drug-likeness (QED) is 0.402. The summed E-state index contributed by atoms with van der Waals surface area (Å²) < 4.78 is 2.42. The third-order valence-electron chi connectivity index (χ3n) is 8.41. The number of hydrogen-bond acceptors (Lipinski definition) is 4. The van der Waals surface area contributed by atoms with Crippen molar-refractivity contribution in [2.24, 2.45) is 23.2 Å². The van der Waals surface area contributed by atoms with E-state index in [1.165, 1.54) is 48.6 Å². The number of anilines is 1. The number of benzene rings is 1. The molecule has 6 rings (SSSR count). The first-order valence-corrected chi connectivity index (χ1v) is 12.4. The van der Waals surface area contributed by atoms with Gasteiger partial charge in [-0.05, 0) is 79.4 Å². The first-order chi connectivity index (χ1) is 16.0. The number of nitrogen functional groups attached to an aromatic ring is 1. The van der Waals surface area contributed by atoms with Crippen molar-refractivity contribution in [3.63, 3.8) is 0 Å². The SMILES string of the molecule is CC1(C)C[C@@H]2[C@@H](CCCc3cccc4cccnc34)C[C@@H](n3ccc4c(N)ncnc43)[C@@H]2C1. The normalized spacial score (nSPS) is 26.2. The highest BCUT2D eigenvalue weighted by atomic mass is 15.1. The van der Waals surface area contributed by atoms with E-state index in [2.05, 4.69) is 69.9 Å². The van der Waals surface area contributed by atoms with Crippen LogP contribution in [-0.4, -0.2) is 19.5 Å². The molecule has 5 heteroatoms. The van der Waals surface area contributed by atoms with E-state index >= 15 is 0 Å². The molecule has 0 saturated heterocycles. The zero-order valence-corrected chi connectivity index (χ0v) is 19.6. The van der Waals surface area contributed by atoms with Gasteiger partial charge in [0.1, 0.15) is 17.8 Å². The van der Waals surface area contributed by atoms with Crippen LogP contribution in [0.1, 0.15) is 57.6 Å². The first-order valence-electron chi connectivity index (χ1n) is 12.4. The van der Waals surface area contributed by atoms with Crippen LogP contribution in [0, 0.1) is 23.2 Å². The summed E-state index contributed by atoms with van der Waals surface area (Å²) in [7, 11) is 0. The number of para-hydroxylation sites is 1. The molecule has 2 saturated carbocycles. The highest BCUT2D eigenvalue weighted by Gasteiger charge is 2.51. The predicted octanol–water partition coefficient (Wildman–Crippen LogP) is 6.20. The number of aryl methyl sites for hydroxylation is 1. The average molecular weight is 440 g/mol. The van der Waals surface area contributed by atoms with E-state index in [-0.39, 0.29) is 0 Å². The van der Waals surface area contributed by atoms with E-state index in [0.717, 1.165) is 35.2 Å². The summed E-state index contributed by atoms with van der Waals surface area (Å²) in [6, 6.07) is 13.4. The number of aromatic nitrogens is 4. The molecule has 0 spiro atoms. The summed E-state index contributed by atoms with van der Waals surface area (Å²) in [5.74, 6) is 2.87. The van der Waals surface area contributed by atoms with E-state index in [9.17, 15) is 0 Å². The number of pyridine rings is 1. The molecule has 3 heterocycles. The third kappa shape index (κ3) is 3.58. The summed E-state index contributed by atoms with van der Waals surface area (Å²) >= 11 is 0. The van der Waals surface area contributed by atoms with Gasteiger partial charge in [0.05, 0.1) is 10.9 Å². The number of rotatable bonds is 5. The largest absolute Gasteiger partial charge is 0.383 e. The highest BCUT2D eigenvalue weighted by molar-refractivity contribution is 5.86. The Morgan fingerprint density at radius 1 is 1.03 bits per heavy atom. The topological polar surface area (TPSA) is 69.6 Å². The highest BCUT2D eigenvalue weighted by Crippen LogP contribution is 2.60. The second-order valence-corrected chi connectivity index (χ2v) is 11.1. The van der Waals surface area contributed by atoms with Gasteiger partial charge in [0.25, 0.3) is 0 Å². The number of hydrogen-bond donors (Lipinski definition) is 1. The van der Waals surface area contributed by atoms with E-state index in [1.807, 2.05) is 12.3 Å². The molecule has 0 aliphatic heterocycles. The maximum atomic E-state index is 6.14. The van der Waals surface area contributed by atoms with Crippen LogP contribution >= 0.6 is 0 Å². The van der Waals surface area contributed by atoms with Crippen molar-refractivity contribution in [3.05, 3.63) is 60.7 Å². The lowest BCUT2D eigenvalue weighted by Crippen LogP contribution is -2.16. The van der Waals surface area contributed by atoms with Gasteiger partial charge in [-0.3, -0.25) is 4.98 Å². The lowest BCUT2D eigenvalue weighted by molar-refractivity contribution is 0.287. The molecular weight excluding hydrogens is 406 g/mol. The van der Waals surface area contributed by atoms with Crippen LogP contribution < -0.4 is 5.73 Å². The standard InChI is InChI=1S/C28H33N5/c1-28(2)15-22-20(9-4-8-18-6-3-7-19-10-5-12-30-25(18)19)14-24(23(22)16-28)33-13-11-21-26(29)31-17-32-27(21)33/h3,5-7,10-13,17,20,22-24H,4,8-9,14-16H2,1-2H3,(H2,29,31,32)/t20-,22+,23+,24+/m0/s1. The smallest absolute Gasteiger partial charge is 0.145 e. The van der Waals surface area contributed by atoms with E-state index < -0.39 is 0 Å². The van der Waals surface area contributed by atoms with Crippen LogP contribution in [0.2, 0.25) is 0 Å². The molecule has 2 fully saturated rings. The monoisotopic (exact) mass is 439 g/mol. The van der Waals surface area contributed by atoms with Gasteiger partial charge in [-0.15, -0.1) is 0 Å². The molecule has 0 amide bonds. The lowest BCUT2D eigenvalue weighted by atomic mass is 9.83.